The Morgan fingerprint density at radius 2 is 1.80 bits per heavy atom. The van der Waals surface area contributed by atoms with Gasteiger partial charge in [-0.1, -0.05) is 24.3 Å². The average Bonchev–Trinajstić information content (AvgIpc) is 2.60. The number of benzene rings is 2. The van der Waals surface area contributed by atoms with Gasteiger partial charge in [0, 0.05) is 18.8 Å². The van der Waals surface area contributed by atoms with E-state index in [0.29, 0.717) is 17.0 Å². The van der Waals surface area contributed by atoms with Gasteiger partial charge in [0.05, 0.1) is 17.6 Å². The van der Waals surface area contributed by atoms with Gasteiger partial charge in [0.2, 0.25) is 0 Å². The quantitative estimate of drug-likeness (QED) is 0.740. The molecule has 0 radical (unpaired) electrons. The predicted octanol–water partition coefficient (Wildman–Crippen LogP) is 3.07. The van der Waals surface area contributed by atoms with Crippen molar-refractivity contribution < 1.29 is 17.9 Å². The Balaban J connectivity index is 2.12. The van der Waals surface area contributed by atoms with Crippen LogP contribution in [0.15, 0.2) is 53.4 Å². The van der Waals surface area contributed by atoms with E-state index in [2.05, 4.69) is 11.8 Å². The van der Waals surface area contributed by atoms with E-state index in [1.165, 1.54) is 13.4 Å². The second kappa shape index (κ2) is 7.80. The van der Waals surface area contributed by atoms with Crippen molar-refractivity contribution in [3.05, 3.63) is 65.2 Å². The van der Waals surface area contributed by atoms with Crippen molar-refractivity contribution in [3.8, 4) is 0 Å². The third kappa shape index (κ3) is 4.90. The Labute approximate surface area is 149 Å². The minimum absolute atomic E-state index is 0.0930. The molecule has 0 aliphatic carbocycles. The third-order valence-electron chi connectivity index (χ3n) is 4.23. The highest BCUT2D eigenvalue weighted by atomic mass is 32.2. The van der Waals surface area contributed by atoms with Gasteiger partial charge in [0.25, 0.3) is 0 Å². The highest BCUT2D eigenvalue weighted by Gasteiger charge is 2.14. The van der Waals surface area contributed by atoms with Crippen molar-refractivity contribution in [3.63, 3.8) is 0 Å². The first-order chi connectivity index (χ1) is 11.7. The molecule has 0 amide bonds. The first-order valence-corrected chi connectivity index (χ1v) is 9.79. The summed E-state index contributed by atoms with van der Waals surface area (Å²) >= 11 is 0. The van der Waals surface area contributed by atoms with Crippen molar-refractivity contribution in [2.24, 2.45) is 0 Å². The Morgan fingerprint density at radius 1 is 1.16 bits per heavy atom. The molecule has 0 saturated carbocycles. The molecule has 1 atom stereocenters. The summed E-state index contributed by atoms with van der Waals surface area (Å²) in [5, 5.41) is 0. The van der Waals surface area contributed by atoms with Gasteiger partial charge >= 0.3 is 5.97 Å². The Morgan fingerprint density at radius 3 is 2.36 bits per heavy atom. The minimum Gasteiger partial charge on any atom is -0.465 e. The summed E-state index contributed by atoms with van der Waals surface area (Å²) in [6, 6.07) is 14.4. The van der Waals surface area contributed by atoms with Crippen molar-refractivity contribution in [2.75, 3.05) is 20.4 Å². The van der Waals surface area contributed by atoms with Gasteiger partial charge < -0.3 is 4.74 Å². The average molecular weight is 361 g/mol. The van der Waals surface area contributed by atoms with Gasteiger partial charge in [-0.3, -0.25) is 4.90 Å². The van der Waals surface area contributed by atoms with E-state index in [9.17, 15) is 13.2 Å². The summed E-state index contributed by atoms with van der Waals surface area (Å²) in [4.78, 5) is 14.1. The van der Waals surface area contributed by atoms with Gasteiger partial charge in [-0.05, 0) is 49.4 Å². The fourth-order valence-electron chi connectivity index (χ4n) is 2.59. The molecule has 2 aromatic carbocycles. The van der Waals surface area contributed by atoms with Crippen molar-refractivity contribution in [2.45, 2.75) is 24.4 Å². The van der Waals surface area contributed by atoms with Crippen LogP contribution in [0.2, 0.25) is 0 Å². The molecule has 0 N–H and O–H groups in total. The lowest BCUT2D eigenvalue weighted by atomic mass is 10.1. The first-order valence-electron chi connectivity index (χ1n) is 7.90. The van der Waals surface area contributed by atoms with Crippen LogP contribution in [0, 0.1) is 0 Å². The van der Waals surface area contributed by atoms with E-state index in [4.69, 9.17) is 4.74 Å². The molecule has 0 heterocycles. The smallest absolute Gasteiger partial charge is 0.337 e. The summed E-state index contributed by atoms with van der Waals surface area (Å²) in [5.41, 5.74) is 2.56. The lowest BCUT2D eigenvalue weighted by molar-refractivity contribution is 0.0600. The number of hydrogen-bond donors (Lipinski definition) is 0. The zero-order chi connectivity index (χ0) is 18.6. The second-order valence-corrected chi connectivity index (χ2v) is 8.14. The molecule has 0 aromatic heterocycles. The lowest BCUT2D eigenvalue weighted by Gasteiger charge is -2.25. The second-order valence-electron chi connectivity index (χ2n) is 6.12. The fraction of sp³-hybridized carbons (Fsp3) is 0.316. The largest absolute Gasteiger partial charge is 0.465 e. The van der Waals surface area contributed by atoms with Crippen molar-refractivity contribution >= 4 is 15.8 Å². The highest BCUT2D eigenvalue weighted by molar-refractivity contribution is 7.90. The maximum Gasteiger partial charge on any atom is 0.337 e. The van der Waals surface area contributed by atoms with E-state index in [1.54, 1.807) is 18.2 Å². The Hall–Kier alpha value is -2.18. The minimum atomic E-state index is -3.19. The number of carbonyl (C=O) groups is 1. The normalized spacial score (nSPS) is 12.8. The molecular weight excluding hydrogens is 338 g/mol. The zero-order valence-corrected chi connectivity index (χ0v) is 15.7. The SMILES string of the molecule is COC(=O)c1cccc(CN(C)C(C)c2ccc(S(C)(=O)=O)cc2)c1. The molecule has 0 aliphatic heterocycles. The first kappa shape index (κ1) is 19.1. The van der Waals surface area contributed by atoms with E-state index in [1.807, 2.05) is 37.4 Å². The number of rotatable bonds is 6. The molecule has 5 nitrogen and oxygen atoms in total. The summed E-state index contributed by atoms with van der Waals surface area (Å²) in [7, 11) is 0.164. The van der Waals surface area contributed by atoms with Gasteiger partial charge in [-0.2, -0.15) is 0 Å². The van der Waals surface area contributed by atoms with Crippen LogP contribution in [0.25, 0.3) is 0 Å². The molecule has 0 fully saturated rings. The summed E-state index contributed by atoms with van der Waals surface area (Å²) < 4.78 is 27.9. The van der Waals surface area contributed by atoms with Crippen LogP contribution in [0.4, 0.5) is 0 Å². The number of nitrogens with zero attached hydrogens (tertiary/aromatic N) is 1. The number of carbonyl (C=O) groups excluding carboxylic acids is 1. The van der Waals surface area contributed by atoms with Crippen LogP contribution in [-0.4, -0.2) is 39.7 Å². The molecule has 0 spiro atoms. The summed E-state index contributed by atoms with van der Waals surface area (Å²) in [6.45, 7) is 2.71. The van der Waals surface area contributed by atoms with Crippen LogP contribution in [0.5, 0.6) is 0 Å². The molecule has 0 aliphatic rings. The van der Waals surface area contributed by atoms with E-state index < -0.39 is 9.84 Å². The van der Waals surface area contributed by atoms with E-state index >= 15 is 0 Å². The molecule has 0 bridgehead atoms. The topological polar surface area (TPSA) is 63.7 Å². The van der Waals surface area contributed by atoms with Gasteiger partial charge in [0.1, 0.15) is 0 Å². The fourth-order valence-corrected chi connectivity index (χ4v) is 3.22. The van der Waals surface area contributed by atoms with E-state index in [0.717, 1.165) is 11.1 Å². The molecule has 6 heteroatoms. The number of esters is 1. The van der Waals surface area contributed by atoms with Crippen LogP contribution < -0.4 is 0 Å². The Bertz CT molecular complexity index is 844. The van der Waals surface area contributed by atoms with Gasteiger partial charge in [-0.15, -0.1) is 0 Å². The molecule has 2 aromatic rings. The number of hydrogen-bond acceptors (Lipinski definition) is 5. The molecule has 1 unspecified atom stereocenters. The van der Waals surface area contributed by atoms with Crippen LogP contribution in [0.3, 0.4) is 0 Å². The zero-order valence-electron chi connectivity index (χ0n) is 14.9. The van der Waals surface area contributed by atoms with Crippen molar-refractivity contribution in [1.29, 1.82) is 0 Å². The van der Waals surface area contributed by atoms with Crippen LogP contribution >= 0.6 is 0 Å². The van der Waals surface area contributed by atoms with Crippen LogP contribution in [-0.2, 0) is 21.1 Å². The highest BCUT2D eigenvalue weighted by Crippen LogP contribution is 2.22. The molecule has 0 saturated heterocycles. The van der Waals surface area contributed by atoms with Gasteiger partial charge in [-0.25, -0.2) is 13.2 Å². The van der Waals surface area contributed by atoms with Crippen LogP contribution in [0.1, 0.15) is 34.5 Å². The Kier molecular flexibility index (Phi) is 5.98. The number of ether oxygens (including phenoxy) is 1. The summed E-state index contributed by atoms with van der Waals surface area (Å²) in [6.07, 6.45) is 1.20. The molecule has 134 valence electrons. The third-order valence-corrected chi connectivity index (χ3v) is 5.36. The molecular formula is C19H23NO4S. The standard InChI is InChI=1S/C19H23NO4S/c1-14(16-8-10-18(11-9-16)25(4,22)23)20(2)13-15-6-5-7-17(12-15)19(21)24-3/h5-12,14H,13H2,1-4H3. The molecule has 2 rings (SSSR count). The van der Waals surface area contributed by atoms with Gasteiger partial charge in [0.15, 0.2) is 9.84 Å². The summed E-state index contributed by atoms with van der Waals surface area (Å²) in [5.74, 6) is -0.353. The van der Waals surface area contributed by atoms with E-state index in [-0.39, 0.29) is 12.0 Å². The number of methoxy groups -OCH3 is 1. The maximum atomic E-state index is 11.6. The maximum absolute atomic E-state index is 11.6. The van der Waals surface area contributed by atoms with Crippen molar-refractivity contribution in [1.82, 2.24) is 4.90 Å². The molecule has 25 heavy (non-hydrogen) atoms. The lowest BCUT2D eigenvalue weighted by Crippen LogP contribution is -2.22. The monoisotopic (exact) mass is 361 g/mol. The number of sulfone groups is 1. The predicted molar refractivity (Wildman–Crippen MR) is 97.2 cm³/mol.